The van der Waals surface area contributed by atoms with E-state index in [2.05, 4.69) is 17.1 Å². The van der Waals surface area contributed by atoms with Crippen LogP contribution in [0.25, 0.3) is 0 Å². The molecule has 2 N–H and O–H groups in total. The molecule has 3 unspecified atom stereocenters. The molecule has 5 nitrogen and oxygen atoms in total. The molecular formula is C15H30N2O3. The summed E-state index contributed by atoms with van der Waals surface area (Å²) in [6.07, 6.45) is 3.83. The lowest BCUT2D eigenvalue weighted by Gasteiger charge is -2.37. The highest BCUT2D eigenvalue weighted by Crippen LogP contribution is 2.40. The predicted octanol–water partition coefficient (Wildman–Crippen LogP) is 0.473. The third-order valence-corrected chi connectivity index (χ3v) is 4.77. The van der Waals surface area contributed by atoms with E-state index in [0.717, 1.165) is 32.6 Å². The lowest BCUT2D eigenvalue weighted by Crippen LogP contribution is -2.58. The van der Waals surface area contributed by atoms with Gasteiger partial charge in [-0.3, -0.25) is 4.90 Å². The Labute approximate surface area is 122 Å². The van der Waals surface area contributed by atoms with Crippen molar-refractivity contribution in [3.63, 3.8) is 0 Å². The minimum Gasteiger partial charge on any atom is -0.394 e. The number of rotatable bonds is 9. The Morgan fingerprint density at radius 1 is 1.20 bits per heavy atom. The van der Waals surface area contributed by atoms with Crippen molar-refractivity contribution in [1.82, 2.24) is 10.2 Å². The van der Waals surface area contributed by atoms with E-state index in [-0.39, 0.29) is 24.4 Å². The van der Waals surface area contributed by atoms with Gasteiger partial charge in [-0.2, -0.15) is 0 Å². The largest absolute Gasteiger partial charge is 0.394 e. The van der Waals surface area contributed by atoms with Gasteiger partial charge >= 0.3 is 0 Å². The molecule has 1 saturated heterocycles. The molecule has 1 saturated carbocycles. The topological polar surface area (TPSA) is 54.0 Å². The summed E-state index contributed by atoms with van der Waals surface area (Å²) >= 11 is 0. The Balaban J connectivity index is 1.97. The van der Waals surface area contributed by atoms with Gasteiger partial charge in [0.25, 0.3) is 0 Å². The number of methoxy groups -OCH3 is 2. The molecule has 2 aliphatic rings. The van der Waals surface area contributed by atoms with Crippen LogP contribution in [0, 0.1) is 5.92 Å². The molecule has 5 heteroatoms. The number of aliphatic hydroxyl groups excluding tert-OH is 1. The van der Waals surface area contributed by atoms with E-state index in [1.54, 1.807) is 14.2 Å². The molecule has 0 aromatic carbocycles. The van der Waals surface area contributed by atoms with E-state index in [0.29, 0.717) is 5.92 Å². The van der Waals surface area contributed by atoms with E-state index in [4.69, 9.17) is 9.47 Å². The SMILES string of the molecule is CCCNC(CO)(CN1CC(OC)C(OC)C1)C1CC1. The summed E-state index contributed by atoms with van der Waals surface area (Å²) in [5.41, 5.74) is -0.142. The Kier molecular flexibility index (Phi) is 5.81. The van der Waals surface area contributed by atoms with Crippen LogP contribution in [0.4, 0.5) is 0 Å². The van der Waals surface area contributed by atoms with Gasteiger partial charge in [-0.1, -0.05) is 6.92 Å². The van der Waals surface area contributed by atoms with Gasteiger partial charge in [-0.15, -0.1) is 0 Å². The van der Waals surface area contributed by atoms with Crippen LogP contribution in [-0.2, 0) is 9.47 Å². The number of hydrogen-bond donors (Lipinski definition) is 2. The average Bonchev–Trinajstić information content (AvgIpc) is 3.25. The molecule has 1 aliphatic carbocycles. The highest BCUT2D eigenvalue weighted by Gasteiger charge is 2.47. The second-order valence-electron chi connectivity index (χ2n) is 6.26. The van der Waals surface area contributed by atoms with Crippen LogP contribution < -0.4 is 5.32 Å². The maximum Gasteiger partial charge on any atom is 0.0971 e. The van der Waals surface area contributed by atoms with Gasteiger partial charge < -0.3 is 19.9 Å². The Bertz CT molecular complexity index is 287. The van der Waals surface area contributed by atoms with Gasteiger partial charge in [0.2, 0.25) is 0 Å². The maximum atomic E-state index is 9.97. The lowest BCUT2D eigenvalue weighted by atomic mass is 9.93. The van der Waals surface area contributed by atoms with Crippen molar-refractivity contribution in [3.05, 3.63) is 0 Å². The fourth-order valence-electron chi connectivity index (χ4n) is 3.37. The molecule has 2 rings (SSSR count). The van der Waals surface area contributed by atoms with Crippen LogP contribution >= 0.6 is 0 Å². The van der Waals surface area contributed by atoms with Crippen LogP contribution in [0.5, 0.6) is 0 Å². The number of likely N-dealkylation sites (tertiary alicyclic amines) is 1. The zero-order chi connectivity index (χ0) is 14.6. The van der Waals surface area contributed by atoms with E-state index >= 15 is 0 Å². The lowest BCUT2D eigenvalue weighted by molar-refractivity contribution is -0.00461. The zero-order valence-electron chi connectivity index (χ0n) is 13.1. The first-order chi connectivity index (χ1) is 9.69. The Morgan fingerprint density at radius 3 is 2.20 bits per heavy atom. The molecule has 1 aliphatic heterocycles. The number of nitrogens with zero attached hydrogens (tertiary/aromatic N) is 1. The first kappa shape index (κ1) is 16.2. The van der Waals surface area contributed by atoms with E-state index in [9.17, 15) is 5.11 Å². The minimum absolute atomic E-state index is 0.141. The summed E-state index contributed by atoms with van der Waals surface area (Å²) in [5.74, 6) is 0.613. The van der Waals surface area contributed by atoms with Crippen LogP contribution in [0.1, 0.15) is 26.2 Å². The molecule has 0 radical (unpaired) electrons. The summed E-state index contributed by atoms with van der Waals surface area (Å²) < 4.78 is 11.0. The van der Waals surface area contributed by atoms with Crippen molar-refractivity contribution in [1.29, 1.82) is 0 Å². The third kappa shape index (κ3) is 3.52. The molecule has 3 atom stereocenters. The van der Waals surface area contributed by atoms with Crippen LogP contribution in [0.15, 0.2) is 0 Å². The maximum absolute atomic E-state index is 9.97. The van der Waals surface area contributed by atoms with Gasteiger partial charge in [0.05, 0.1) is 24.4 Å². The molecule has 0 amide bonds. The van der Waals surface area contributed by atoms with Gasteiger partial charge in [-0.25, -0.2) is 0 Å². The summed E-state index contributed by atoms with van der Waals surface area (Å²) in [6, 6.07) is 0. The van der Waals surface area contributed by atoms with Crippen molar-refractivity contribution in [3.8, 4) is 0 Å². The number of nitrogens with one attached hydrogen (secondary N) is 1. The van der Waals surface area contributed by atoms with Gasteiger partial charge in [-0.05, 0) is 31.7 Å². The predicted molar refractivity (Wildman–Crippen MR) is 78.9 cm³/mol. The molecule has 0 bridgehead atoms. The number of ether oxygens (including phenoxy) is 2. The second-order valence-corrected chi connectivity index (χ2v) is 6.26. The second kappa shape index (κ2) is 7.18. The van der Waals surface area contributed by atoms with Crippen LogP contribution in [0.3, 0.4) is 0 Å². The van der Waals surface area contributed by atoms with Crippen molar-refractivity contribution in [2.45, 2.75) is 43.9 Å². The molecule has 1 heterocycles. The van der Waals surface area contributed by atoms with Gasteiger partial charge in [0.15, 0.2) is 0 Å². The van der Waals surface area contributed by atoms with Gasteiger partial charge in [0, 0.05) is 33.9 Å². The molecule has 0 aromatic rings. The average molecular weight is 286 g/mol. The molecule has 2 fully saturated rings. The van der Waals surface area contributed by atoms with Crippen molar-refractivity contribution < 1.29 is 14.6 Å². The fourth-order valence-corrected chi connectivity index (χ4v) is 3.37. The highest BCUT2D eigenvalue weighted by atomic mass is 16.5. The summed E-state index contributed by atoms with van der Waals surface area (Å²) in [5, 5.41) is 13.6. The van der Waals surface area contributed by atoms with E-state index < -0.39 is 0 Å². The zero-order valence-corrected chi connectivity index (χ0v) is 13.1. The van der Waals surface area contributed by atoms with Crippen LogP contribution in [-0.4, -0.2) is 74.8 Å². The number of hydrogen-bond acceptors (Lipinski definition) is 5. The summed E-state index contributed by atoms with van der Waals surface area (Å²) in [7, 11) is 3.49. The summed E-state index contributed by atoms with van der Waals surface area (Å²) in [6.45, 7) is 6.00. The van der Waals surface area contributed by atoms with Crippen molar-refractivity contribution in [2.24, 2.45) is 5.92 Å². The van der Waals surface area contributed by atoms with Crippen LogP contribution in [0.2, 0.25) is 0 Å². The Morgan fingerprint density at radius 2 is 1.80 bits per heavy atom. The highest BCUT2D eigenvalue weighted by molar-refractivity contribution is 5.04. The molecule has 0 spiro atoms. The van der Waals surface area contributed by atoms with E-state index in [1.165, 1.54) is 12.8 Å². The first-order valence-electron chi connectivity index (χ1n) is 7.83. The third-order valence-electron chi connectivity index (χ3n) is 4.77. The quantitative estimate of drug-likeness (QED) is 0.645. The fraction of sp³-hybridized carbons (Fsp3) is 1.00. The molecular weight excluding hydrogens is 256 g/mol. The van der Waals surface area contributed by atoms with E-state index in [1.807, 2.05) is 0 Å². The smallest absolute Gasteiger partial charge is 0.0971 e. The standard InChI is InChI=1S/C15H30N2O3/c1-4-7-16-15(11-18,12-5-6-12)10-17-8-13(19-2)14(9-17)20-3/h12-14,16,18H,4-11H2,1-3H3. The first-order valence-corrected chi connectivity index (χ1v) is 7.83. The Hall–Kier alpha value is -0.200. The molecule has 20 heavy (non-hydrogen) atoms. The molecule has 0 aromatic heterocycles. The van der Waals surface area contributed by atoms with Crippen molar-refractivity contribution in [2.75, 3.05) is 47.0 Å². The molecule has 118 valence electrons. The number of aliphatic hydroxyl groups is 1. The van der Waals surface area contributed by atoms with Crippen molar-refractivity contribution >= 4 is 0 Å². The minimum atomic E-state index is -0.142. The monoisotopic (exact) mass is 286 g/mol. The normalized spacial score (nSPS) is 30.6. The van der Waals surface area contributed by atoms with Gasteiger partial charge in [0.1, 0.15) is 0 Å². The summed E-state index contributed by atoms with van der Waals surface area (Å²) in [4.78, 5) is 2.37.